The average Bonchev–Trinajstić information content (AvgIpc) is 3.85. The zero-order valence-electron chi connectivity index (χ0n) is 24.2. The first-order chi connectivity index (χ1) is 21.7. The summed E-state index contributed by atoms with van der Waals surface area (Å²) in [4.78, 5) is 11.0. The summed E-state index contributed by atoms with van der Waals surface area (Å²) in [5.41, 5.74) is 1.32. The predicted molar refractivity (Wildman–Crippen MR) is 176 cm³/mol. The summed E-state index contributed by atoms with van der Waals surface area (Å²) in [6.45, 7) is 5.07. The normalized spacial score (nSPS) is 10.2. The minimum absolute atomic E-state index is 0.312. The van der Waals surface area contributed by atoms with Crippen molar-refractivity contribution in [3.05, 3.63) is 35.9 Å². The number of hydrogen-bond acceptors (Lipinski definition) is 1. The highest BCUT2D eigenvalue weighted by molar-refractivity contribution is 5.82. The fourth-order valence-corrected chi connectivity index (χ4v) is 2.65. The van der Waals surface area contributed by atoms with Gasteiger partial charge in [0.25, 0.3) is 0 Å². The predicted octanol–water partition coefficient (Wildman–Crippen LogP) is 3.46. The van der Waals surface area contributed by atoms with E-state index in [9.17, 15) is 4.79 Å². The summed E-state index contributed by atoms with van der Waals surface area (Å²) < 4.78 is 0. The molecule has 1 aromatic carbocycles. The second-order valence-corrected chi connectivity index (χ2v) is 7.47. The monoisotopic (exact) mass is 550 g/mol. The molecule has 0 saturated heterocycles. The lowest BCUT2D eigenvalue weighted by Gasteiger charge is -1.96. The third-order valence-electron chi connectivity index (χ3n) is 4.48. The number of carbonyl (C=O) groups excluding carboxylic acids is 1. The molecule has 196 valence electrons. The fourth-order valence-electron chi connectivity index (χ4n) is 2.65. The van der Waals surface area contributed by atoms with Crippen LogP contribution < -0.4 is 0 Å². The molecule has 44 heavy (non-hydrogen) atoms. The number of carbonyl (C=O) groups is 1. The van der Waals surface area contributed by atoms with Crippen molar-refractivity contribution in [2.24, 2.45) is 5.92 Å². The summed E-state index contributed by atoms with van der Waals surface area (Å²) >= 11 is 0. The lowest BCUT2D eigenvalue weighted by molar-refractivity contribution is -0.118. The Balaban J connectivity index is 0.000000658. The lowest BCUT2D eigenvalue weighted by Crippen LogP contribution is -1.94. The zero-order chi connectivity index (χ0) is 31.8. The molecule has 0 unspecified atom stereocenters. The van der Waals surface area contributed by atoms with Crippen LogP contribution in [0.15, 0.2) is 30.3 Å². The first-order valence-electron chi connectivity index (χ1n) is 12.6. The van der Waals surface area contributed by atoms with Gasteiger partial charge in [0, 0.05) is 77.0 Å². The highest BCUT2D eigenvalue weighted by Gasteiger charge is 2.41. The Bertz CT molecular complexity index is 2090. The van der Waals surface area contributed by atoms with E-state index in [0.717, 1.165) is 6.42 Å². The Morgan fingerprint density at radius 3 is 0.909 bits per heavy atom. The van der Waals surface area contributed by atoms with Gasteiger partial charge >= 0.3 is 0 Å². The fraction of sp³-hybridized carbons (Fsp3) is 0.140. The number of ketones is 1. The Morgan fingerprint density at radius 1 is 0.455 bits per heavy atom. The van der Waals surface area contributed by atoms with Crippen LogP contribution in [0.2, 0.25) is 0 Å². The molecule has 0 aromatic heterocycles. The van der Waals surface area contributed by atoms with Crippen molar-refractivity contribution in [2.45, 2.75) is 33.1 Å². The number of Topliss-reactive ketones (excluding diaryl/α,β-unsaturated/α-hetero) is 1. The first kappa shape index (κ1) is 34.3. The van der Waals surface area contributed by atoms with Crippen LogP contribution in [0.3, 0.4) is 0 Å². The molecule has 1 aliphatic rings. The molecule has 0 N–H and O–H groups in total. The van der Waals surface area contributed by atoms with Crippen molar-refractivity contribution in [1.29, 1.82) is 0 Å². The molecule has 1 nitrogen and oxygen atoms in total. The van der Waals surface area contributed by atoms with E-state index in [1.807, 2.05) is 18.2 Å². The quantitative estimate of drug-likeness (QED) is 0.516. The van der Waals surface area contributed by atoms with E-state index in [-0.39, 0.29) is 0 Å². The maximum absolute atomic E-state index is 11.0. The molecular weight excluding hydrogens is 532 g/mol. The van der Waals surface area contributed by atoms with Gasteiger partial charge in [-0.3, -0.25) is 4.79 Å². The third-order valence-corrected chi connectivity index (χ3v) is 4.48. The van der Waals surface area contributed by atoms with Crippen LogP contribution in [0.5, 0.6) is 0 Å². The molecule has 0 radical (unpaired) electrons. The SMILES string of the molecule is CC#CC#CC#CC#CC#CC#CC#CC#CC#CC#CC#CC#CC#CC#CC#CC.CC(=O)[C@H]1C[C@@H]1c1ccccc1. The van der Waals surface area contributed by atoms with Crippen molar-refractivity contribution < 1.29 is 4.79 Å². The maximum atomic E-state index is 11.0. The molecule has 0 aliphatic heterocycles. The Morgan fingerprint density at radius 2 is 0.705 bits per heavy atom. The molecule has 1 aliphatic carbocycles. The van der Waals surface area contributed by atoms with E-state index in [2.05, 4.69) is 190 Å². The standard InChI is InChI=1S/C32H6.C11H12O/c1-3-5-7-9-11-13-15-17-19-21-23-25-27-29-31-32-30-28-26-24-22-20-18-16-14-12-10-8-6-4-2;1-8(12)10-7-11(10)9-5-3-2-4-6-9/h1-2H3;2-6,10-11H,7H2,1H3/t;10-,11-/m.1/s1. The molecule has 1 saturated carbocycles. The minimum atomic E-state index is 0.312. The Hall–Kier alpha value is -7.71. The van der Waals surface area contributed by atoms with Gasteiger partial charge < -0.3 is 0 Å². The van der Waals surface area contributed by atoms with E-state index < -0.39 is 0 Å². The summed E-state index contributed by atoms with van der Waals surface area (Å²) in [7, 11) is 0. The van der Waals surface area contributed by atoms with E-state index >= 15 is 0 Å². The molecule has 0 heterocycles. The van der Waals surface area contributed by atoms with Crippen LogP contribution >= 0.6 is 0 Å². The van der Waals surface area contributed by atoms with E-state index in [1.54, 1.807) is 20.8 Å². The van der Waals surface area contributed by atoms with Gasteiger partial charge in [-0.05, 0) is 133 Å². The van der Waals surface area contributed by atoms with Gasteiger partial charge in [0.05, 0.1) is 0 Å². The van der Waals surface area contributed by atoms with Crippen molar-refractivity contribution in [3.8, 4) is 178 Å². The molecule has 1 fully saturated rings. The molecule has 1 heteroatoms. The molecule has 0 bridgehead atoms. The summed E-state index contributed by atoms with van der Waals surface area (Å²) in [6.07, 6.45) is 1.05. The van der Waals surface area contributed by atoms with Crippen molar-refractivity contribution in [3.63, 3.8) is 0 Å². The van der Waals surface area contributed by atoms with E-state index in [4.69, 9.17) is 0 Å². The molecule has 2 rings (SSSR count). The van der Waals surface area contributed by atoms with Crippen LogP contribution in [-0.2, 0) is 4.79 Å². The van der Waals surface area contributed by atoms with Crippen LogP contribution in [0.4, 0.5) is 0 Å². The second kappa shape index (κ2) is 25.6. The van der Waals surface area contributed by atoms with Crippen molar-refractivity contribution in [1.82, 2.24) is 0 Å². The third kappa shape index (κ3) is 20.3. The highest BCUT2D eigenvalue weighted by atomic mass is 16.1. The van der Waals surface area contributed by atoms with Gasteiger partial charge in [-0.15, -0.1) is 0 Å². The van der Waals surface area contributed by atoms with Gasteiger partial charge in [-0.2, -0.15) is 0 Å². The van der Waals surface area contributed by atoms with Gasteiger partial charge in [-0.1, -0.05) is 42.2 Å². The van der Waals surface area contributed by atoms with Crippen LogP contribution in [0.1, 0.15) is 38.7 Å². The number of benzene rings is 1. The number of rotatable bonds is 2. The first-order valence-corrected chi connectivity index (χ1v) is 12.6. The lowest BCUT2D eigenvalue weighted by atomic mass is 10.1. The minimum Gasteiger partial charge on any atom is -0.300 e. The number of hydrogen-bond donors (Lipinski definition) is 0. The average molecular weight is 551 g/mol. The van der Waals surface area contributed by atoms with Gasteiger partial charge in [0.2, 0.25) is 0 Å². The van der Waals surface area contributed by atoms with E-state index in [1.165, 1.54) is 5.56 Å². The molecule has 2 atom stereocenters. The summed E-state index contributed by atoms with van der Waals surface area (Å²) in [5.74, 6) is 76.8. The van der Waals surface area contributed by atoms with Gasteiger partial charge in [0.1, 0.15) is 5.78 Å². The van der Waals surface area contributed by atoms with Crippen LogP contribution in [-0.4, -0.2) is 5.78 Å². The summed E-state index contributed by atoms with van der Waals surface area (Å²) in [5, 5.41) is 0. The Labute approximate surface area is 262 Å². The van der Waals surface area contributed by atoms with Gasteiger partial charge in [-0.25, -0.2) is 0 Å². The Kier molecular flexibility index (Phi) is 19.9. The second-order valence-electron chi connectivity index (χ2n) is 7.47. The van der Waals surface area contributed by atoms with Gasteiger partial charge in [0.15, 0.2) is 0 Å². The zero-order valence-corrected chi connectivity index (χ0v) is 24.2. The molecular formula is C43H18O. The van der Waals surface area contributed by atoms with Crippen molar-refractivity contribution >= 4 is 5.78 Å². The smallest absolute Gasteiger partial charge is 0.133 e. The van der Waals surface area contributed by atoms with Crippen LogP contribution in [0, 0.1) is 184 Å². The molecule has 1 aromatic rings. The van der Waals surface area contributed by atoms with E-state index in [0.29, 0.717) is 17.6 Å². The molecule has 0 spiro atoms. The van der Waals surface area contributed by atoms with Crippen molar-refractivity contribution in [2.75, 3.05) is 0 Å². The van der Waals surface area contributed by atoms with Crippen LogP contribution in [0.25, 0.3) is 0 Å². The maximum Gasteiger partial charge on any atom is 0.133 e. The topological polar surface area (TPSA) is 17.1 Å². The largest absolute Gasteiger partial charge is 0.300 e. The highest BCUT2D eigenvalue weighted by Crippen LogP contribution is 2.47. The summed E-state index contributed by atoms with van der Waals surface area (Å²) in [6, 6.07) is 10.3. The molecule has 0 amide bonds.